The van der Waals surface area contributed by atoms with E-state index in [-0.39, 0.29) is 5.97 Å². The summed E-state index contributed by atoms with van der Waals surface area (Å²) in [5.74, 6) is -0.317. The lowest BCUT2D eigenvalue weighted by molar-refractivity contribution is -0.137. The number of rotatable bonds is 5. The number of carbonyl (C=O) groups is 1. The van der Waals surface area contributed by atoms with Crippen molar-refractivity contribution in [3.05, 3.63) is 41.9 Å². The van der Waals surface area contributed by atoms with Gasteiger partial charge in [0.2, 0.25) is 0 Å². The van der Waals surface area contributed by atoms with Gasteiger partial charge in [-0.25, -0.2) is 4.79 Å². The van der Waals surface area contributed by atoms with Gasteiger partial charge in [0.05, 0.1) is 6.61 Å². The highest BCUT2D eigenvalue weighted by atomic mass is 16.5. The predicted octanol–water partition coefficient (Wildman–Crippen LogP) is 1.64. The first-order chi connectivity index (χ1) is 7.72. The van der Waals surface area contributed by atoms with Crippen LogP contribution in [-0.2, 0) is 16.1 Å². The van der Waals surface area contributed by atoms with Crippen molar-refractivity contribution < 1.29 is 9.53 Å². The van der Waals surface area contributed by atoms with Crippen LogP contribution in [0.25, 0.3) is 0 Å². The number of carbonyl (C=O) groups excluding carboxylic acids is 1. The van der Waals surface area contributed by atoms with Crippen LogP contribution in [0.2, 0.25) is 0 Å². The molecule has 0 atom stereocenters. The van der Waals surface area contributed by atoms with Gasteiger partial charge in [-0.1, -0.05) is 0 Å². The molecule has 0 saturated carbocycles. The number of esters is 1. The highest BCUT2D eigenvalue weighted by molar-refractivity contribution is 5.82. The van der Waals surface area contributed by atoms with E-state index in [0.29, 0.717) is 13.2 Å². The second kappa shape index (κ2) is 6.61. The summed E-state index contributed by atoms with van der Waals surface area (Å²) < 4.78 is 4.80. The van der Waals surface area contributed by atoms with Crippen molar-refractivity contribution in [3.8, 4) is 0 Å². The van der Waals surface area contributed by atoms with Crippen LogP contribution in [0.5, 0.6) is 0 Å². The van der Waals surface area contributed by atoms with Crippen LogP contribution in [0.15, 0.2) is 36.3 Å². The minimum absolute atomic E-state index is 0.317. The van der Waals surface area contributed by atoms with Crippen LogP contribution in [-0.4, -0.2) is 17.6 Å². The second-order valence-corrected chi connectivity index (χ2v) is 3.29. The van der Waals surface area contributed by atoms with E-state index in [4.69, 9.17) is 4.74 Å². The van der Waals surface area contributed by atoms with Gasteiger partial charge in [0.15, 0.2) is 0 Å². The van der Waals surface area contributed by atoms with E-state index in [1.165, 1.54) is 6.08 Å². The molecule has 16 heavy (non-hydrogen) atoms. The lowest BCUT2D eigenvalue weighted by Gasteiger charge is -2.06. The number of hydrogen-bond acceptors (Lipinski definition) is 4. The van der Waals surface area contributed by atoms with E-state index < -0.39 is 0 Å². The molecule has 4 heteroatoms. The Morgan fingerprint density at radius 1 is 1.50 bits per heavy atom. The van der Waals surface area contributed by atoms with Gasteiger partial charge in [0.25, 0.3) is 0 Å². The van der Waals surface area contributed by atoms with Crippen molar-refractivity contribution in [1.82, 2.24) is 10.3 Å². The fourth-order valence-corrected chi connectivity index (χ4v) is 1.15. The summed E-state index contributed by atoms with van der Waals surface area (Å²) in [7, 11) is 0. The summed E-state index contributed by atoms with van der Waals surface area (Å²) in [6, 6.07) is 3.84. The van der Waals surface area contributed by atoms with Crippen LogP contribution >= 0.6 is 0 Å². The SMILES string of the molecule is CCOC(=O)/C=C(/C)NCc1ccncc1. The zero-order chi connectivity index (χ0) is 11.8. The van der Waals surface area contributed by atoms with Gasteiger partial charge in [-0.05, 0) is 31.5 Å². The fraction of sp³-hybridized carbons (Fsp3) is 0.333. The van der Waals surface area contributed by atoms with E-state index in [9.17, 15) is 4.79 Å². The third-order valence-corrected chi connectivity index (χ3v) is 1.94. The summed E-state index contributed by atoms with van der Waals surface area (Å²) in [6.45, 7) is 4.68. The van der Waals surface area contributed by atoms with E-state index in [2.05, 4.69) is 10.3 Å². The molecule has 4 nitrogen and oxygen atoms in total. The third-order valence-electron chi connectivity index (χ3n) is 1.94. The molecule has 0 radical (unpaired) electrons. The van der Waals surface area contributed by atoms with Crippen LogP contribution in [0, 0.1) is 0 Å². The first-order valence-electron chi connectivity index (χ1n) is 5.20. The Balaban J connectivity index is 2.40. The van der Waals surface area contributed by atoms with Crippen molar-refractivity contribution in [2.75, 3.05) is 6.61 Å². The van der Waals surface area contributed by atoms with Gasteiger partial charge in [0.1, 0.15) is 0 Å². The Labute approximate surface area is 95.3 Å². The van der Waals surface area contributed by atoms with Gasteiger partial charge in [-0.2, -0.15) is 0 Å². The molecule has 0 fully saturated rings. The standard InChI is InChI=1S/C12H16N2O2/c1-3-16-12(15)8-10(2)14-9-11-4-6-13-7-5-11/h4-8,14H,3,9H2,1-2H3/b10-8-. The maximum Gasteiger partial charge on any atom is 0.332 e. The number of hydrogen-bond donors (Lipinski definition) is 1. The molecule has 0 saturated heterocycles. The average Bonchev–Trinajstić information content (AvgIpc) is 2.28. The topological polar surface area (TPSA) is 51.2 Å². The highest BCUT2D eigenvalue weighted by Gasteiger charge is 1.97. The van der Waals surface area contributed by atoms with E-state index in [1.807, 2.05) is 19.1 Å². The zero-order valence-electron chi connectivity index (χ0n) is 9.56. The lowest BCUT2D eigenvalue weighted by atomic mass is 10.2. The molecule has 0 aliphatic rings. The molecule has 1 N–H and O–H groups in total. The molecule has 1 aromatic rings. The Morgan fingerprint density at radius 2 is 2.19 bits per heavy atom. The molecular formula is C12H16N2O2. The van der Waals surface area contributed by atoms with Crippen molar-refractivity contribution >= 4 is 5.97 Å². The highest BCUT2D eigenvalue weighted by Crippen LogP contribution is 1.97. The largest absolute Gasteiger partial charge is 0.463 e. The van der Waals surface area contributed by atoms with Gasteiger partial charge < -0.3 is 10.1 Å². The van der Waals surface area contributed by atoms with Crippen LogP contribution in [0.3, 0.4) is 0 Å². The molecule has 1 aromatic heterocycles. The van der Waals surface area contributed by atoms with Crippen molar-refractivity contribution in [2.45, 2.75) is 20.4 Å². The minimum Gasteiger partial charge on any atom is -0.463 e. The van der Waals surface area contributed by atoms with Gasteiger partial charge in [0, 0.05) is 30.7 Å². The van der Waals surface area contributed by atoms with Crippen molar-refractivity contribution in [3.63, 3.8) is 0 Å². The van der Waals surface area contributed by atoms with E-state index in [1.54, 1.807) is 19.3 Å². The van der Waals surface area contributed by atoms with E-state index in [0.717, 1.165) is 11.3 Å². The number of aromatic nitrogens is 1. The maximum atomic E-state index is 11.1. The average molecular weight is 220 g/mol. The summed E-state index contributed by atoms with van der Waals surface area (Å²) >= 11 is 0. The van der Waals surface area contributed by atoms with Crippen LogP contribution in [0.1, 0.15) is 19.4 Å². The summed E-state index contributed by atoms with van der Waals surface area (Å²) in [4.78, 5) is 15.0. The molecule has 0 unspecified atom stereocenters. The molecule has 0 aliphatic heterocycles. The maximum absolute atomic E-state index is 11.1. The summed E-state index contributed by atoms with van der Waals surface area (Å²) in [5.41, 5.74) is 1.90. The number of allylic oxidation sites excluding steroid dienone is 1. The molecule has 86 valence electrons. The summed E-state index contributed by atoms with van der Waals surface area (Å²) in [5, 5.41) is 3.12. The Bertz CT molecular complexity index is 361. The fourth-order valence-electron chi connectivity index (χ4n) is 1.15. The van der Waals surface area contributed by atoms with Crippen molar-refractivity contribution in [1.29, 1.82) is 0 Å². The lowest BCUT2D eigenvalue weighted by Crippen LogP contribution is -2.12. The Kier molecular flexibility index (Phi) is 5.05. The molecular weight excluding hydrogens is 204 g/mol. The molecule has 0 amide bonds. The van der Waals surface area contributed by atoms with Crippen LogP contribution < -0.4 is 5.32 Å². The zero-order valence-corrected chi connectivity index (χ0v) is 9.56. The monoisotopic (exact) mass is 220 g/mol. The molecule has 0 aromatic carbocycles. The normalized spacial score (nSPS) is 11.0. The quantitative estimate of drug-likeness (QED) is 0.605. The van der Waals surface area contributed by atoms with E-state index >= 15 is 0 Å². The number of pyridine rings is 1. The summed E-state index contributed by atoms with van der Waals surface area (Å²) in [6.07, 6.45) is 4.92. The first kappa shape index (κ1) is 12.2. The molecule has 0 aliphatic carbocycles. The van der Waals surface area contributed by atoms with Crippen LogP contribution in [0.4, 0.5) is 0 Å². The second-order valence-electron chi connectivity index (χ2n) is 3.29. The van der Waals surface area contributed by atoms with Gasteiger partial charge in [-0.3, -0.25) is 4.98 Å². The number of nitrogens with one attached hydrogen (secondary N) is 1. The molecule has 0 bridgehead atoms. The first-order valence-corrected chi connectivity index (χ1v) is 5.20. The predicted molar refractivity (Wildman–Crippen MR) is 61.5 cm³/mol. The molecule has 1 heterocycles. The smallest absolute Gasteiger partial charge is 0.332 e. The number of ether oxygens (including phenoxy) is 1. The minimum atomic E-state index is -0.317. The molecule has 0 spiro atoms. The Hall–Kier alpha value is -1.84. The van der Waals surface area contributed by atoms with Gasteiger partial charge in [-0.15, -0.1) is 0 Å². The third kappa shape index (κ3) is 4.59. The number of nitrogens with zero attached hydrogens (tertiary/aromatic N) is 1. The van der Waals surface area contributed by atoms with Gasteiger partial charge >= 0.3 is 5.97 Å². The van der Waals surface area contributed by atoms with Crippen molar-refractivity contribution in [2.24, 2.45) is 0 Å². The molecule has 1 rings (SSSR count). The Morgan fingerprint density at radius 3 is 2.81 bits per heavy atom.